The van der Waals surface area contributed by atoms with Crippen molar-refractivity contribution in [3.63, 3.8) is 0 Å². The average molecular weight is 840 g/mol. The first-order chi connectivity index (χ1) is 26.5. The second-order valence-corrected chi connectivity index (χ2v) is 13.7. The molecule has 0 aliphatic carbocycles. The number of carbonyl (C=O) groups is 1. The number of hydrogen-bond donors (Lipinski definition) is 1. The summed E-state index contributed by atoms with van der Waals surface area (Å²) < 4.78 is 11.4. The number of halogens is 1. The zero-order valence-corrected chi connectivity index (χ0v) is 35.0. The zero-order chi connectivity index (χ0) is 37.3. The van der Waals surface area contributed by atoms with Gasteiger partial charge in [-0.1, -0.05) is 117 Å². The van der Waals surface area contributed by atoms with Crippen LogP contribution in [0.5, 0.6) is 23.0 Å². The molecule has 2 heterocycles. The van der Waals surface area contributed by atoms with E-state index in [2.05, 4.69) is 64.4 Å². The Balaban J connectivity index is 0.000000319. The standard InChI is InChI=1S/C24H25NO2.C12H15NO.C12H9O.CH4.BrH.Mg.H/c26-24(15-17-25(18-16-24)19-20-7-3-1-4-8-20)21-11-13-23(14-12-21)27-22-9-5-2-6-10-22;14-12-6-8-13(9-7-12)10-11-4-2-1-3-5-11;1-3-7-11(8-4-1)13-12-9-5-2-6-10-12;;;;/h1-14,26H,15-19H2;1-5H,6-10H2;1,3-10H;1H4;1H;;/q;;-1;;;+2;-1. The van der Waals surface area contributed by atoms with E-state index in [1.165, 1.54) is 11.1 Å². The summed E-state index contributed by atoms with van der Waals surface area (Å²) in [5, 5.41) is 11.1. The molecule has 2 fully saturated rings. The van der Waals surface area contributed by atoms with Crippen LogP contribution >= 0.6 is 17.0 Å². The number of para-hydroxylation sites is 2. The predicted molar refractivity (Wildman–Crippen MR) is 239 cm³/mol. The Labute approximate surface area is 367 Å². The molecule has 2 aliphatic rings. The molecule has 0 radical (unpaired) electrons. The van der Waals surface area contributed by atoms with Crippen LogP contribution in [-0.2, 0) is 23.5 Å². The summed E-state index contributed by atoms with van der Waals surface area (Å²) in [5.41, 5.74) is 2.88. The van der Waals surface area contributed by atoms with E-state index in [0.29, 0.717) is 5.78 Å². The molecule has 2 saturated heterocycles. The van der Waals surface area contributed by atoms with Gasteiger partial charge in [0, 0.05) is 57.9 Å². The van der Waals surface area contributed by atoms with Gasteiger partial charge in [-0.3, -0.25) is 14.6 Å². The maximum atomic E-state index is 11.1. The second kappa shape index (κ2) is 25.2. The summed E-state index contributed by atoms with van der Waals surface area (Å²) in [6.45, 7) is 5.57. The fourth-order valence-electron chi connectivity index (χ4n) is 6.54. The van der Waals surface area contributed by atoms with Crippen LogP contribution in [0.15, 0.2) is 170 Å². The SMILES string of the molecule is Br.C.O=C1CCN(Cc2ccccc2)CC1.OC1(c2ccc(Oc3ccccc3)cc2)CCN(Cc2ccccc2)CC1.[H-].[Mg+2].[c-]1ccc(Oc2ccccc2)cc1. The number of nitrogens with zero attached hydrogens (tertiary/aromatic N) is 2. The van der Waals surface area contributed by atoms with Crippen molar-refractivity contribution >= 4 is 45.8 Å². The molecule has 0 bridgehead atoms. The monoisotopic (exact) mass is 838 g/mol. The third-order valence-electron chi connectivity index (χ3n) is 9.63. The minimum atomic E-state index is -0.752. The van der Waals surface area contributed by atoms with Crippen LogP contribution < -0.4 is 9.47 Å². The molecule has 294 valence electrons. The van der Waals surface area contributed by atoms with E-state index in [1.54, 1.807) is 0 Å². The van der Waals surface area contributed by atoms with E-state index in [4.69, 9.17) is 9.47 Å². The van der Waals surface area contributed by atoms with Crippen LogP contribution in [0.2, 0.25) is 0 Å². The minimum absolute atomic E-state index is 0. The molecule has 0 spiro atoms. The molecule has 0 unspecified atom stereocenters. The van der Waals surface area contributed by atoms with Crippen molar-refractivity contribution in [2.45, 2.75) is 51.8 Å². The van der Waals surface area contributed by atoms with Crippen molar-refractivity contribution in [2.24, 2.45) is 0 Å². The first-order valence-electron chi connectivity index (χ1n) is 18.8. The minimum Gasteiger partial charge on any atom is -1.00 e. The number of aliphatic hydroxyl groups is 1. The number of ketones is 1. The van der Waals surface area contributed by atoms with Crippen molar-refractivity contribution < 1.29 is 20.8 Å². The first-order valence-corrected chi connectivity index (χ1v) is 18.8. The molecule has 0 aromatic heterocycles. The van der Waals surface area contributed by atoms with Crippen LogP contribution in [0.3, 0.4) is 0 Å². The summed E-state index contributed by atoms with van der Waals surface area (Å²) in [4.78, 5) is 15.8. The fourth-order valence-corrected chi connectivity index (χ4v) is 6.54. The summed E-state index contributed by atoms with van der Waals surface area (Å²) in [6, 6.07) is 58.6. The Morgan fingerprint density at radius 2 is 0.912 bits per heavy atom. The molecule has 8 rings (SSSR count). The number of hydrogen-bond acceptors (Lipinski definition) is 6. The maximum absolute atomic E-state index is 11.1. The number of piperidine rings is 2. The fraction of sp³-hybridized carbons (Fsp3) is 0.245. The second-order valence-electron chi connectivity index (χ2n) is 13.7. The van der Waals surface area contributed by atoms with Gasteiger partial charge in [0.25, 0.3) is 0 Å². The van der Waals surface area contributed by atoms with E-state index in [-0.39, 0.29) is 48.9 Å². The largest absolute Gasteiger partial charge is 2.00 e. The Morgan fingerprint density at radius 3 is 1.35 bits per heavy atom. The van der Waals surface area contributed by atoms with Gasteiger partial charge in [0.2, 0.25) is 0 Å². The molecule has 8 heteroatoms. The van der Waals surface area contributed by atoms with Crippen LogP contribution in [0.25, 0.3) is 0 Å². The molecule has 1 N–H and O–H groups in total. The molecule has 0 saturated carbocycles. The van der Waals surface area contributed by atoms with Gasteiger partial charge in [0.1, 0.15) is 23.0 Å². The van der Waals surface area contributed by atoms with Gasteiger partial charge >= 0.3 is 23.1 Å². The van der Waals surface area contributed by atoms with Crippen molar-refractivity contribution in [1.82, 2.24) is 9.80 Å². The van der Waals surface area contributed by atoms with Gasteiger partial charge in [-0.05, 0) is 65.9 Å². The summed E-state index contributed by atoms with van der Waals surface area (Å²) >= 11 is 0. The molecule has 6 aromatic rings. The van der Waals surface area contributed by atoms with Gasteiger partial charge in [-0.15, -0.1) is 29.1 Å². The molecule has 6 nitrogen and oxygen atoms in total. The molecule has 6 aromatic carbocycles. The van der Waals surface area contributed by atoms with Gasteiger partial charge in [-0.2, -0.15) is 18.2 Å². The molecule has 0 atom stereocenters. The van der Waals surface area contributed by atoms with E-state index >= 15 is 0 Å². The van der Waals surface area contributed by atoms with Crippen LogP contribution in [0.4, 0.5) is 0 Å². The Hall–Kier alpha value is -4.28. The van der Waals surface area contributed by atoms with E-state index in [9.17, 15) is 9.90 Å². The van der Waals surface area contributed by atoms with Crippen LogP contribution in [0, 0.1) is 6.07 Å². The molecule has 2 aliphatic heterocycles. The van der Waals surface area contributed by atoms with Gasteiger partial charge in [-0.25, -0.2) is 0 Å². The van der Waals surface area contributed by atoms with Crippen molar-refractivity contribution in [1.29, 1.82) is 0 Å². The number of Topliss-reactive ketones (excluding diaryl/α,β-unsaturated/α-hetero) is 1. The molecule has 57 heavy (non-hydrogen) atoms. The van der Waals surface area contributed by atoms with Crippen LogP contribution in [-0.4, -0.2) is 69.9 Å². The maximum Gasteiger partial charge on any atom is 2.00 e. The number of likely N-dealkylation sites (tertiary alicyclic amines) is 2. The average Bonchev–Trinajstić information content (AvgIpc) is 3.22. The van der Waals surface area contributed by atoms with E-state index in [0.717, 1.165) is 93.5 Å². The van der Waals surface area contributed by atoms with Crippen LogP contribution in [0.1, 0.15) is 51.2 Å². The summed E-state index contributed by atoms with van der Waals surface area (Å²) in [5.74, 6) is 3.71. The third-order valence-corrected chi connectivity index (χ3v) is 9.63. The smallest absolute Gasteiger partial charge is 1.00 e. The molecular weight excluding hydrogens is 785 g/mol. The zero-order valence-electron chi connectivity index (χ0n) is 32.9. The Bertz CT molecular complexity index is 1910. The van der Waals surface area contributed by atoms with Gasteiger partial charge in [0.15, 0.2) is 0 Å². The van der Waals surface area contributed by atoms with Crippen molar-refractivity contribution in [3.8, 4) is 23.0 Å². The van der Waals surface area contributed by atoms with Crippen molar-refractivity contribution in [2.75, 3.05) is 26.2 Å². The predicted octanol–water partition coefficient (Wildman–Crippen LogP) is 11.0. The topological polar surface area (TPSA) is 62.2 Å². The van der Waals surface area contributed by atoms with E-state index in [1.807, 2.05) is 121 Å². The van der Waals surface area contributed by atoms with Crippen molar-refractivity contribution in [3.05, 3.63) is 193 Å². The number of rotatable bonds is 9. The van der Waals surface area contributed by atoms with E-state index < -0.39 is 5.60 Å². The molecular formula is C49H55BrMgN2O4. The summed E-state index contributed by atoms with van der Waals surface area (Å²) in [7, 11) is 0. The number of benzene rings is 6. The number of ether oxygens (including phenoxy) is 2. The summed E-state index contributed by atoms with van der Waals surface area (Å²) in [6.07, 6.45) is 2.96. The normalized spacial score (nSPS) is 14.6. The Kier molecular flexibility index (Phi) is 20.8. The van der Waals surface area contributed by atoms with Gasteiger partial charge in [0.05, 0.1) is 5.60 Å². The number of carbonyl (C=O) groups excluding carboxylic acids is 1. The molecule has 0 amide bonds. The Morgan fingerprint density at radius 1 is 0.544 bits per heavy atom. The third kappa shape index (κ3) is 15.9. The quantitative estimate of drug-likeness (QED) is 0.116. The first kappa shape index (κ1) is 47.1. The van der Waals surface area contributed by atoms with Gasteiger partial charge < -0.3 is 16.0 Å².